The first kappa shape index (κ1) is 19.1. The normalized spacial score (nSPS) is 16.3. The van der Waals surface area contributed by atoms with Gasteiger partial charge in [0.1, 0.15) is 22.8 Å². The Kier molecular flexibility index (Phi) is 5.30. The number of carbonyl (C=O) groups excluding carboxylic acids is 1. The highest BCUT2D eigenvalue weighted by Crippen LogP contribution is 2.47. The minimum absolute atomic E-state index is 0.366. The van der Waals surface area contributed by atoms with Crippen LogP contribution in [0.1, 0.15) is 19.8 Å². The van der Waals surface area contributed by atoms with E-state index in [0.29, 0.717) is 30.1 Å². The molecule has 27 heavy (non-hydrogen) atoms. The molecule has 1 saturated carbocycles. The van der Waals surface area contributed by atoms with Crippen molar-refractivity contribution in [2.75, 3.05) is 6.61 Å². The third kappa shape index (κ3) is 4.72. The quantitative estimate of drug-likeness (QED) is 0.758. The van der Waals surface area contributed by atoms with Gasteiger partial charge in [-0.25, -0.2) is 0 Å². The number of hydrogen-bond acceptors (Lipinski definition) is 3. The molecule has 0 bridgehead atoms. The number of nitrogens with one attached hydrogen (secondary N) is 1. The number of amides is 1. The molecule has 1 aliphatic rings. The standard InChI is InChI=1S/C20H20F3NO3/c1-19(14-7-8-14,20(21,22)23)24-18(25)13-26-15-9-11-17(12-10-15)27-16-5-3-2-4-6-16/h2-6,9-12,14H,7-8,13H2,1H3,(H,24,25)/t19-/m0/s1. The smallest absolute Gasteiger partial charge is 0.411 e. The molecule has 0 aromatic heterocycles. The van der Waals surface area contributed by atoms with Gasteiger partial charge in [0.25, 0.3) is 5.91 Å². The van der Waals surface area contributed by atoms with Gasteiger partial charge in [-0.15, -0.1) is 0 Å². The molecule has 144 valence electrons. The summed E-state index contributed by atoms with van der Waals surface area (Å²) >= 11 is 0. The van der Waals surface area contributed by atoms with Crippen LogP contribution in [0.15, 0.2) is 54.6 Å². The van der Waals surface area contributed by atoms with Crippen LogP contribution in [0.4, 0.5) is 13.2 Å². The second kappa shape index (κ2) is 7.50. The summed E-state index contributed by atoms with van der Waals surface area (Å²) in [5, 5.41) is 2.10. The molecule has 0 saturated heterocycles. The minimum atomic E-state index is -4.50. The summed E-state index contributed by atoms with van der Waals surface area (Å²) in [7, 11) is 0. The Labute approximate surface area is 155 Å². The second-order valence-electron chi connectivity index (χ2n) is 6.70. The summed E-state index contributed by atoms with van der Waals surface area (Å²) in [6, 6.07) is 15.7. The number of benzene rings is 2. The predicted octanol–water partition coefficient (Wildman–Crippen LogP) is 4.70. The summed E-state index contributed by atoms with van der Waals surface area (Å²) in [4.78, 5) is 12.0. The summed E-state index contributed by atoms with van der Waals surface area (Å²) < 4.78 is 50.8. The van der Waals surface area contributed by atoms with Crippen LogP contribution in [0.3, 0.4) is 0 Å². The Bertz CT molecular complexity index is 773. The topological polar surface area (TPSA) is 47.6 Å². The maximum absolute atomic E-state index is 13.3. The molecule has 1 aliphatic carbocycles. The predicted molar refractivity (Wildman–Crippen MR) is 93.8 cm³/mol. The van der Waals surface area contributed by atoms with Gasteiger partial charge in [0.05, 0.1) is 0 Å². The first-order valence-electron chi connectivity index (χ1n) is 8.61. The van der Waals surface area contributed by atoms with Crippen molar-refractivity contribution in [2.45, 2.75) is 31.5 Å². The zero-order chi connectivity index (χ0) is 19.5. The van der Waals surface area contributed by atoms with E-state index in [4.69, 9.17) is 9.47 Å². The Balaban J connectivity index is 1.53. The van der Waals surface area contributed by atoms with Crippen LogP contribution < -0.4 is 14.8 Å². The van der Waals surface area contributed by atoms with E-state index < -0.39 is 30.1 Å². The summed E-state index contributed by atoms with van der Waals surface area (Å²) in [5.41, 5.74) is -2.21. The van der Waals surface area contributed by atoms with Crippen LogP contribution >= 0.6 is 0 Å². The number of alkyl halides is 3. The molecule has 0 spiro atoms. The van der Waals surface area contributed by atoms with Gasteiger partial charge in [-0.05, 0) is 62.1 Å². The molecule has 3 rings (SSSR count). The molecule has 7 heteroatoms. The van der Waals surface area contributed by atoms with Crippen molar-refractivity contribution in [3.05, 3.63) is 54.6 Å². The van der Waals surface area contributed by atoms with E-state index >= 15 is 0 Å². The Morgan fingerprint density at radius 1 is 1.00 bits per heavy atom. The zero-order valence-electron chi connectivity index (χ0n) is 14.8. The van der Waals surface area contributed by atoms with Crippen molar-refractivity contribution >= 4 is 5.91 Å². The second-order valence-corrected chi connectivity index (χ2v) is 6.70. The van der Waals surface area contributed by atoms with Crippen molar-refractivity contribution in [3.63, 3.8) is 0 Å². The average molecular weight is 379 g/mol. The van der Waals surface area contributed by atoms with Gasteiger partial charge in [0.15, 0.2) is 6.61 Å². The minimum Gasteiger partial charge on any atom is -0.484 e. The van der Waals surface area contributed by atoms with E-state index in [0.717, 1.165) is 6.92 Å². The monoisotopic (exact) mass is 379 g/mol. The van der Waals surface area contributed by atoms with Crippen molar-refractivity contribution in [3.8, 4) is 17.2 Å². The average Bonchev–Trinajstić information content (AvgIpc) is 3.46. The maximum atomic E-state index is 13.3. The number of hydrogen-bond donors (Lipinski definition) is 1. The molecule has 1 fully saturated rings. The van der Waals surface area contributed by atoms with Gasteiger partial charge < -0.3 is 14.8 Å². The molecule has 0 heterocycles. The highest BCUT2D eigenvalue weighted by Gasteiger charge is 2.60. The Morgan fingerprint density at radius 2 is 1.56 bits per heavy atom. The van der Waals surface area contributed by atoms with Crippen LogP contribution in [0.25, 0.3) is 0 Å². The molecule has 0 radical (unpaired) electrons. The van der Waals surface area contributed by atoms with Crippen LogP contribution in [-0.2, 0) is 4.79 Å². The van der Waals surface area contributed by atoms with Gasteiger partial charge >= 0.3 is 6.18 Å². The molecule has 0 unspecified atom stereocenters. The number of halogens is 3. The van der Waals surface area contributed by atoms with E-state index in [2.05, 4.69) is 5.32 Å². The van der Waals surface area contributed by atoms with E-state index in [9.17, 15) is 18.0 Å². The fourth-order valence-electron chi connectivity index (χ4n) is 2.77. The third-order valence-corrected chi connectivity index (χ3v) is 4.55. The van der Waals surface area contributed by atoms with Crippen molar-refractivity contribution in [2.24, 2.45) is 5.92 Å². The van der Waals surface area contributed by atoms with Crippen molar-refractivity contribution in [1.82, 2.24) is 5.32 Å². The molecule has 1 amide bonds. The Morgan fingerprint density at radius 3 is 2.11 bits per heavy atom. The molecule has 4 nitrogen and oxygen atoms in total. The zero-order valence-corrected chi connectivity index (χ0v) is 14.8. The van der Waals surface area contributed by atoms with Crippen LogP contribution in [0.2, 0.25) is 0 Å². The van der Waals surface area contributed by atoms with Crippen LogP contribution in [0.5, 0.6) is 17.2 Å². The van der Waals surface area contributed by atoms with Gasteiger partial charge in [0.2, 0.25) is 0 Å². The lowest BCUT2D eigenvalue weighted by atomic mass is 9.95. The third-order valence-electron chi connectivity index (χ3n) is 4.55. The molecule has 1 atom stereocenters. The molecule has 2 aromatic carbocycles. The number of carbonyl (C=O) groups is 1. The highest BCUT2D eigenvalue weighted by atomic mass is 19.4. The van der Waals surface area contributed by atoms with Gasteiger partial charge in [0, 0.05) is 0 Å². The molecule has 2 aromatic rings. The number of para-hydroxylation sites is 1. The fraction of sp³-hybridized carbons (Fsp3) is 0.350. The lowest BCUT2D eigenvalue weighted by Crippen LogP contribution is -2.59. The van der Waals surface area contributed by atoms with E-state index in [1.54, 1.807) is 24.3 Å². The first-order valence-corrected chi connectivity index (χ1v) is 8.61. The van der Waals surface area contributed by atoms with Gasteiger partial charge in [-0.3, -0.25) is 4.79 Å². The largest absolute Gasteiger partial charge is 0.484 e. The lowest BCUT2D eigenvalue weighted by Gasteiger charge is -2.33. The maximum Gasteiger partial charge on any atom is 0.411 e. The van der Waals surface area contributed by atoms with Gasteiger partial charge in [-0.1, -0.05) is 18.2 Å². The van der Waals surface area contributed by atoms with Crippen LogP contribution in [-0.4, -0.2) is 24.2 Å². The number of rotatable bonds is 7. The SMILES string of the molecule is C[C@](NC(=O)COc1ccc(Oc2ccccc2)cc1)(C1CC1)C(F)(F)F. The summed E-state index contributed by atoms with van der Waals surface area (Å²) in [6.07, 6.45) is -3.58. The summed E-state index contributed by atoms with van der Waals surface area (Å²) in [5.74, 6) is 0.251. The summed E-state index contributed by atoms with van der Waals surface area (Å²) in [6.45, 7) is 0.537. The molecular formula is C20H20F3NO3. The number of ether oxygens (including phenoxy) is 2. The van der Waals surface area contributed by atoms with Crippen molar-refractivity contribution < 1.29 is 27.4 Å². The van der Waals surface area contributed by atoms with E-state index in [1.165, 1.54) is 0 Å². The first-order chi connectivity index (χ1) is 12.8. The molecule has 1 N–H and O–H groups in total. The highest BCUT2D eigenvalue weighted by molar-refractivity contribution is 5.78. The van der Waals surface area contributed by atoms with Gasteiger partial charge in [-0.2, -0.15) is 13.2 Å². The van der Waals surface area contributed by atoms with Crippen LogP contribution in [0, 0.1) is 5.92 Å². The Hall–Kier alpha value is -2.70. The van der Waals surface area contributed by atoms with Crippen molar-refractivity contribution in [1.29, 1.82) is 0 Å². The molecular weight excluding hydrogens is 359 g/mol. The molecule has 0 aliphatic heterocycles. The van der Waals surface area contributed by atoms with E-state index in [1.807, 2.05) is 30.3 Å². The fourth-order valence-corrected chi connectivity index (χ4v) is 2.77. The van der Waals surface area contributed by atoms with E-state index in [-0.39, 0.29) is 0 Å². The lowest BCUT2D eigenvalue weighted by molar-refractivity contribution is -0.199.